The summed E-state index contributed by atoms with van der Waals surface area (Å²) in [6.07, 6.45) is 0. The highest BCUT2D eigenvalue weighted by molar-refractivity contribution is 7.98. The molecular formula is C12H12N4O2S. The Bertz CT molecular complexity index is 707. The molecule has 0 saturated heterocycles. The van der Waals surface area contributed by atoms with Gasteiger partial charge in [0, 0.05) is 13.0 Å². The Labute approximate surface area is 113 Å². The molecule has 98 valence electrons. The second-order valence-corrected chi connectivity index (χ2v) is 4.91. The Morgan fingerprint density at radius 1 is 1.37 bits per heavy atom. The molecule has 0 atom stereocenters. The van der Waals surface area contributed by atoms with E-state index in [2.05, 4.69) is 20.1 Å². The number of methoxy groups -OCH3 is 1. The Hall–Kier alpha value is -2.02. The number of nitrogens with zero attached hydrogens (tertiary/aromatic N) is 3. The third-order valence-corrected chi connectivity index (χ3v) is 3.44. The van der Waals surface area contributed by atoms with Gasteiger partial charge in [-0.2, -0.15) is 4.98 Å². The number of benzene rings is 1. The number of H-pyrrole nitrogens is 1. The molecular weight excluding hydrogens is 264 g/mol. The lowest BCUT2D eigenvalue weighted by molar-refractivity contribution is 0.389. The van der Waals surface area contributed by atoms with E-state index in [0.29, 0.717) is 17.5 Å². The summed E-state index contributed by atoms with van der Waals surface area (Å²) in [4.78, 5) is 11.9. The summed E-state index contributed by atoms with van der Waals surface area (Å²) in [7, 11) is 1.64. The van der Waals surface area contributed by atoms with Crippen LogP contribution in [0.4, 0.5) is 0 Å². The molecule has 3 rings (SSSR count). The second-order valence-electron chi connectivity index (χ2n) is 3.94. The highest BCUT2D eigenvalue weighted by Gasteiger charge is 2.07. The summed E-state index contributed by atoms with van der Waals surface area (Å²) >= 11 is 1.53. The molecule has 6 nitrogen and oxygen atoms in total. The van der Waals surface area contributed by atoms with Crippen LogP contribution in [0.1, 0.15) is 11.7 Å². The van der Waals surface area contributed by atoms with Crippen LogP contribution in [0.3, 0.4) is 0 Å². The molecule has 1 aromatic carbocycles. The summed E-state index contributed by atoms with van der Waals surface area (Å²) < 4.78 is 10.1. The fourth-order valence-electron chi connectivity index (χ4n) is 1.69. The number of nitrogens with one attached hydrogen (secondary N) is 1. The first-order chi connectivity index (χ1) is 9.24. The molecule has 0 spiro atoms. The van der Waals surface area contributed by atoms with Gasteiger partial charge >= 0.3 is 0 Å². The molecule has 3 aromatic rings. The van der Waals surface area contributed by atoms with E-state index in [0.717, 1.165) is 21.9 Å². The zero-order chi connectivity index (χ0) is 13.2. The van der Waals surface area contributed by atoms with Crippen molar-refractivity contribution in [1.29, 1.82) is 0 Å². The van der Waals surface area contributed by atoms with Crippen molar-refractivity contribution in [2.24, 2.45) is 0 Å². The number of fused-ring (bicyclic) bond motifs is 1. The van der Waals surface area contributed by atoms with Crippen LogP contribution in [0, 0.1) is 6.92 Å². The number of rotatable bonds is 4. The Morgan fingerprint density at radius 3 is 3.00 bits per heavy atom. The molecule has 7 heteroatoms. The minimum absolute atomic E-state index is 0.574. The highest BCUT2D eigenvalue weighted by atomic mass is 32.2. The van der Waals surface area contributed by atoms with Gasteiger partial charge in [-0.05, 0) is 12.1 Å². The largest absolute Gasteiger partial charge is 0.497 e. The van der Waals surface area contributed by atoms with E-state index in [1.807, 2.05) is 18.2 Å². The minimum Gasteiger partial charge on any atom is -0.497 e. The first kappa shape index (κ1) is 12.0. The fraction of sp³-hybridized carbons (Fsp3) is 0.250. The van der Waals surface area contributed by atoms with Crippen molar-refractivity contribution in [2.45, 2.75) is 17.8 Å². The maximum atomic E-state index is 5.18. The van der Waals surface area contributed by atoms with Gasteiger partial charge in [-0.1, -0.05) is 16.9 Å². The van der Waals surface area contributed by atoms with Gasteiger partial charge in [0.15, 0.2) is 11.0 Å². The number of thioether (sulfide) groups is 1. The molecule has 0 amide bonds. The highest BCUT2D eigenvalue weighted by Crippen LogP contribution is 2.24. The molecule has 0 aliphatic heterocycles. The molecule has 0 unspecified atom stereocenters. The van der Waals surface area contributed by atoms with Crippen LogP contribution >= 0.6 is 11.8 Å². The van der Waals surface area contributed by atoms with Crippen molar-refractivity contribution in [2.75, 3.05) is 7.11 Å². The Kier molecular flexibility index (Phi) is 3.12. The number of aryl methyl sites for hydroxylation is 1. The van der Waals surface area contributed by atoms with Crippen molar-refractivity contribution >= 4 is 22.8 Å². The first-order valence-corrected chi connectivity index (χ1v) is 6.69. The normalized spacial score (nSPS) is 11.1. The molecule has 0 aliphatic rings. The van der Waals surface area contributed by atoms with Crippen molar-refractivity contribution in [3.05, 3.63) is 29.9 Å². The molecule has 2 aromatic heterocycles. The number of aromatic amines is 1. The summed E-state index contributed by atoms with van der Waals surface area (Å²) in [5, 5.41) is 4.67. The van der Waals surface area contributed by atoms with Gasteiger partial charge in [-0.25, -0.2) is 4.98 Å². The maximum Gasteiger partial charge on any atom is 0.223 e. The van der Waals surface area contributed by atoms with Gasteiger partial charge in [0.2, 0.25) is 5.89 Å². The van der Waals surface area contributed by atoms with E-state index >= 15 is 0 Å². The molecule has 0 bridgehead atoms. The summed E-state index contributed by atoms with van der Waals surface area (Å²) in [5.41, 5.74) is 1.86. The lowest BCUT2D eigenvalue weighted by Crippen LogP contribution is -1.84. The van der Waals surface area contributed by atoms with E-state index in [1.54, 1.807) is 14.0 Å². The SMILES string of the molecule is COc1ccc2nc(SCc3noc(C)n3)[nH]c2c1. The van der Waals surface area contributed by atoms with Crippen LogP contribution in [-0.2, 0) is 5.75 Å². The monoisotopic (exact) mass is 276 g/mol. The first-order valence-electron chi connectivity index (χ1n) is 5.70. The van der Waals surface area contributed by atoms with Crippen molar-refractivity contribution in [3.8, 4) is 5.75 Å². The Morgan fingerprint density at radius 2 is 2.26 bits per heavy atom. The number of aromatic nitrogens is 4. The summed E-state index contributed by atoms with van der Waals surface area (Å²) in [5.74, 6) is 2.67. The molecule has 0 aliphatic carbocycles. The van der Waals surface area contributed by atoms with Crippen molar-refractivity contribution in [3.63, 3.8) is 0 Å². The third kappa shape index (κ3) is 2.55. The molecule has 1 N–H and O–H groups in total. The quantitative estimate of drug-likeness (QED) is 0.738. The van der Waals surface area contributed by atoms with Gasteiger partial charge in [-0.15, -0.1) is 0 Å². The predicted molar refractivity (Wildman–Crippen MR) is 71.2 cm³/mol. The zero-order valence-electron chi connectivity index (χ0n) is 10.5. The van der Waals surface area contributed by atoms with Gasteiger partial charge in [0.1, 0.15) is 5.75 Å². The summed E-state index contributed by atoms with van der Waals surface area (Å²) in [6, 6.07) is 5.73. The van der Waals surface area contributed by atoms with E-state index in [4.69, 9.17) is 9.26 Å². The molecule has 0 radical (unpaired) electrons. The lowest BCUT2D eigenvalue weighted by atomic mass is 10.3. The number of imidazole rings is 1. The number of hydrogen-bond acceptors (Lipinski definition) is 6. The smallest absolute Gasteiger partial charge is 0.223 e. The standard InChI is InChI=1S/C12H12N4O2S/c1-7-13-11(16-18-7)6-19-12-14-9-4-3-8(17-2)5-10(9)15-12/h3-5H,6H2,1-2H3,(H,14,15). The van der Waals surface area contributed by atoms with Crippen LogP contribution in [0.2, 0.25) is 0 Å². The average molecular weight is 276 g/mol. The molecule has 0 fully saturated rings. The van der Waals surface area contributed by atoms with Gasteiger partial charge < -0.3 is 14.2 Å². The van der Waals surface area contributed by atoms with E-state index in [9.17, 15) is 0 Å². The van der Waals surface area contributed by atoms with E-state index in [1.165, 1.54) is 11.8 Å². The van der Waals surface area contributed by atoms with Crippen LogP contribution < -0.4 is 4.74 Å². The van der Waals surface area contributed by atoms with Crippen molar-refractivity contribution in [1.82, 2.24) is 20.1 Å². The molecule has 2 heterocycles. The fourth-order valence-corrected chi connectivity index (χ4v) is 2.42. The van der Waals surface area contributed by atoms with Gasteiger partial charge in [0.05, 0.1) is 23.9 Å². The number of hydrogen-bond donors (Lipinski definition) is 1. The van der Waals surface area contributed by atoms with Crippen LogP contribution in [0.15, 0.2) is 27.9 Å². The maximum absolute atomic E-state index is 5.18. The molecule has 19 heavy (non-hydrogen) atoms. The molecule has 0 saturated carbocycles. The third-order valence-electron chi connectivity index (χ3n) is 2.57. The topological polar surface area (TPSA) is 76.8 Å². The van der Waals surface area contributed by atoms with Crippen molar-refractivity contribution < 1.29 is 9.26 Å². The minimum atomic E-state index is 0.574. The van der Waals surface area contributed by atoms with Crippen LogP contribution in [0.5, 0.6) is 5.75 Å². The summed E-state index contributed by atoms with van der Waals surface area (Å²) in [6.45, 7) is 1.77. The van der Waals surface area contributed by atoms with Gasteiger partial charge in [0.25, 0.3) is 0 Å². The average Bonchev–Trinajstić information content (AvgIpc) is 3.01. The van der Waals surface area contributed by atoms with E-state index < -0.39 is 0 Å². The number of ether oxygens (including phenoxy) is 1. The van der Waals surface area contributed by atoms with E-state index in [-0.39, 0.29) is 0 Å². The zero-order valence-corrected chi connectivity index (χ0v) is 11.3. The van der Waals surface area contributed by atoms with Crippen LogP contribution in [0.25, 0.3) is 11.0 Å². The second kappa shape index (κ2) is 4.93. The lowest BCUT2D eigenvalue weighted by Gasteiger charge is -1.96. The predicted octanol–water partition coefficient (Wildman–Crippen LogP) is 2.56. The van der Waals surface area contributed by atoms with Crippen LogP contribution in [-0.4, -0.2) is 27.2 Å². The Balaban J connectivity index is 1.77. The van der Waals surface area contributed by atoms with Gasteiger partial charge in [-0.3, -0.25) is 0 Å².